The minimum atomic E-state index is -1.14. The van der Waals surface area contributed by atoms with Crippen molar-refractivity contribution in [2.24, 2.45) is 0 Å². The van der Waals surface area contributed by atoms with Gasteiger partial charge in [-0.1, -0.05) is 30.6 Å². The second-order valence-electron chi connectivity index (χ2n) is 3.30. The third-order valence-electron chi connectivity index (χ3n) is 1.77. The van der Waals surface area contributed by atoms with E-state index in [1.807, 2.05) is 0 Å². The highest BCUT2D eigenvalue weighted by atomic mass is 79.9. The van der Waals surface area contributed by atoms with Crippen molar-refractivity contribution in [2.75, 3.05) is 0 Å². The van der Waals surface area contributed by atoms with Crippen LogP contribution in [0.3, 0.4) is 0 Å². The molecule has 1 aliphatic rings. The zero-order valence-corrected chi connectivity index (χ0v) is 10.9. The highest BCUT2D eigenvalue weighted by Crippen LogP contribution is 2.38. The lowest BCUT2D eigenvalue weighted by Gasteiger charge is -1.87. The van der Waals surface area contributed by atoms with E-state index in [4.69, 9.17) is 5.11 Å². The minimum Gasteiger partial charge on any atom is -0.477 e. The molecule has 0 aliphatic heterocycles. The molecule has 1 heterocycles. The number of hydrogen-bond acceptors (Lipinski definition) is 4. The molecule has 7 heteroatoms. The van der Waals surface area contributed by atoms with Gasteiger partial charge in [-0.25, -0.2) is 4.79 Å². The molecule has 1 aromatic rings. The molecule has 0 amide bonds. The van der Waals surface area contributed by atoms with Gasteiger partial charge in [0.25, 0.3) is 0 Å². The van der Waals surface area contributed by atoms with Gasteiger partial charge in [-0.05, 0) is 28.4 Å². The summed E-state index contributed by atoms with van der Waals surface area (Å²) in [6.45, 7) is 1.52. The monoisotopic (exact) mass is 307 g/mol. The Morgan fingerprint density at radius 2 is 2.00 bits per heavy atom. The Labute approximate surface area is 104 Å². The first-order chi connectivity index (χ1) is 7.45. The molecule has 2 rings (SSSR count). The number of aromatic carboxylic acids is 1. The van der Waals surface area contributed by atoms with E-state index in [1.54, 1.807) is 0 Å². The Hall–Kier alpha value is -0.950. The first-order valence-electron chi connectivity index (χ1n) is 4.61. The molecule has 16 heavy (non-hydrogen) atoms. The maximum Gasteiger partial charge on any atom is 0.346 e. The molecule has 1 aromatic heterocycles. The predicted molar refractivity (Wildman–Crippen MR) is 64.2 cm³/mol. The van der Waals surface area contributed by atoms with Gasteiger partial charge in [0.1, 0.15) is 9.35 Å². The molecule has 88 valence electrons. The van der Waals surface area contributed by atoms with E-state index in [0.29, 0.717) is 16.9 Å². The summed E-state index contributed by atoms with van der Waals surface area (Å²) in [5.74, 6) is -1.14. The maximum absolute atomic E-state index is 10.6. The van der Waals surface area contributed by atoms with Crippen LogP contribution in [-0.2, 0) is 0 Å². The van der Waals surface area contributed by atoms with Crippen molar-refractivity contribution in [3.63, 3.8) is 0 Å². The van der Waals surface area contributed by atoms with Gasteiger partial charge in [0.15, 0.2) is 0 Å². The zero-order valence-electron chi connectivity index (χ0n) is 8.53. The van der Waals surface area contributed by atoms with Crippen LogP contribution in [0.25, 0.3) is 0 Å². The summed E-state index contributed by atoms with van der Waals surface area (Å²) in [5.41, 5.74) is 0.393. The highest BCUT2D eigenvalue weighted by molar-refractivity contribution is 9.10. The second kappa shape index (κ2) is 5.40. The van der Waals surface area contributed by atoms with Crippen LogP contribution in [0.15, 0.2) is 4.47 Å². The summed E-state index contributed by atoms with van der Waals surface area (Å²) in [6.07, 6.45) is 4.50. The fourth-order valence-electron chi connectivity index (χ4n) is 0.800. The predicted octanol–water partition coefficient (Wildman–Crippen LogP) is 3.60. The van der Waals surface area contributed by atoms with E-state index in [2.05, 4.69) is 15.9 Å². The molecule has 5 nitrogen and oxygen atoms in total. The van der Waals surface area contributed by atoms with Crippen LogP contribution >= 0.6 is 27.3 Å². The average Bonchev–Trinajstić information content (AvgIpc) is 3.00. The van der Waals surface area contributed by atoms with Gasteiger partial charge in [-0.15, -0.1) is 0 Å². The van der Waals surface area contributed by atoms with E-state index in [-0.39, 0.29) is 14.4 Å². The molecule has 1 N–H and O–H groups in total. The number of carboxylic acid groups (broad SMARTS) is 1. The quantitative estimate of drug-likeness (QED) is 0.668. The number of nitro groups is 1. The number of nitrogens with zero attached hydrogens (tertiary/aromatic N) is 1. The topological polar surface area (TPSA) is 80.4 Å². The highest BCUT2D eigenvalue weighted by Gasteiger charge is 2.24. The first kappa shape index (κ1) is 13.1. The summed E-state index contributed by atoms with van der Waals surface area (Å²) in [4.78, 5) is 20.4. The van der Waals surface area contributed by atoms with Crippen LogP contribution in [0.1, 0.15) is 34.5 Å². The zero-order chi connectivity index (χ0) is 12.3. The molecule has 1 saturated carbocycles. The lowest BCUT2D eigenvalue weighted by atomic mass is 10.3. The molecular formula is C9H10BrNO4S. The van der Waals surface area contributed by atoms with Crippen molar-refractivity contribution in [3.8, 4) is 0 Å². The number of carbonyl (C=O) groups is 1. The summed E-state index contributed by atoms with van der Waals surface area (Å²) in [5, 5.41) is 18.9. The van der Waals surface area contributed by atoms with E-state index < -0.39 is 10.9 Å². The molecule has 0 radical (unpaired) electrons. The standard InChI is InChI=1S/C6H4BrNO4S.C3H6/c1-2-3(7)5(8(11)12)13-4(2)6(9)10;1-2-3-1/h1H3,(H,9,10);1-3H2. The summed E-state index contributed by atoms with van der Waals surface area (Å²) in [6, 6.07) is 0. The van der Waals surface area contributed by atoms with Crippen molar-refractivity contribution in [1.29, 1.82) is 0 Å². The third-order valence-corrected chi connectivity index (χ3v) is 4.23. The minimum absolute atomic E-state index is 0.00132. The molecule has 0 atom stereocenters. The number of rotatable bonds is 2. The van der Waals surface area contributed by atoms with Crippen molar-refractivity contribution in [2.45, 2.75) is 26.2 Å². The Morgan fingerprint density at radius 3 is 2.19 bits per heavy atom. The van der Waals surface area contributed by atoms with Crippen LogP contribution in [0.4, 0.5) is 5.00 Å². The Kier molecular flexibility index (Phi) is 4.43. The maximum atomic E-state index is 10.6. The third kappa shape index (κ3) is 3.28. The number of halogens is 1. The SMILES string of the molecule is C1CC1.Cc1c(C(=O)O)sc([N+](=O)[O-])c1Br. The molecular weight excluding hydrogens is 298 g/mol. The van der Waals surface area contributed by atoms with Crippen molar-refractivity contribution in [3.05, 3.63) is 25.0 Å². The normalized spacial score (nSPS) is 12.6. The van der Waals surface area contributed by atoms with Gasteiger partial charge in [-0.2, -0.15) is 0 Å². The van der Waals surface area contributed by atoms with Gasteiger partial charge in [0.05, 0.1) is 4.92 Å². The Morgan fingerprint density at radius 1 is 1.50 bits per heavy atom. The van der Waals surface area contributed by atoms with Gasteiger partial charge in [0.2, 0.25) is 0 Å². The van der Waals surface area contributed by atoms with Crippen LogP contribution in [0, 0.1) is 17.0 Å². The Balaban J connectivity index is 0.000000365. The van der Waals surface area contributed by atoms with Crippen molar-refractivity contribution < 1.29 is 14.8 Å². The summed E-state index contributed by atoms with van der Waals surface area (Å²) >= 11 is 3.63. The first-order valence-corrected chi connectivity index (χ1v) is 6.22. The van der Waals surface area contributed by atoms with Crippen LogP contribution < -0.4 is 0 Å². The molecule has 0 aromatic carbocycles. The number of thiophene rings is 1. The van der Waals surface area contributed by atoms with Crippen LogP contribution in [0.2, 0.25) is 0 Å². The largest absolute Gasteiger partial charge is 0.477 e. The molecule has 0 bridgehead atoms. The van der Waals surface area contributed by atoms with Crippen molar-refractivity contribution >= 4 is 38.2 Å². The van der Waals surface area contributed by atoms with Gasteiger partial charge >= 0.3 is 11.0 Å². The van der Waals surface area contributed by atoms with Gasteiger partial charge in [0, 0.05) is 0 Å². The molecule has 1 aliphatic carbocycles. The molecule has 1 fully saturated rings. The van der Waals surface area contributed by atoms with Gasteiger partial charge in [-0.3, -0.25) is 10.1 Å². The molecule has 0 unspecified atom stereocenters. The Bertz CT molecular complexity index is 390. The van der Waals surface area contributed by atoms with E-state index in [1.165, 1.54) is 26.2 Å². The summed E-state index contributed by atoms with van der Waals surface area (Å²) in [7, 11) is 0. The van der Waals surface area contributed by atoms with Crippen LogP contribution in [-0.4, -0.2) is 16.0 Å². The molecule has 0 spiro atoms. The lowest BCUT2D eigenvalue weighted by molar-refractivity contribution is -0.381. The average molecular weight is 308 g/mol. The second-order valence-corrected chi connectivity index (χ2v) is 5.09. The number of carboxylic acids is 1. The lowest BCUT2D eigenvalue weighted by Crippen LogP contribution is -1.93. The van der Waals surface area contributed by atoms with E-state index in [0.717, 1.165) is 0 Å². The number of hydrogen-bond donors (Lipinski definition) is 1. The van der Waals surface area contributed by atoms with Crippen LogP contribution in [0.5, 0.6) is 0 Å². The van der Waals surface area contributed by atoms with E-state index in [9.17, 15) is 14.9 Å². The summed E-state index contributed by atoms with van der Waals surface area (Å²) < 4.78 is 0.250. The molecule has 0 saturated heterocycles. The van der Waals surface area contributed by atoms with Crippen molar-refractivity contribution in [1.82, 2.24) is 0 Å². The smallest absolute Gasteiger partial charge is 0.346 e. The fourth-order valence-corrected chi connectivity index (χ4v) is 2.37. The van der Waals surface area contributed by atoms with Gasteiger partial charge < -0.3 is 5.11 Å². The van der Waals surface area contributed by atoms with E-state index >= 15 is 0 Å². The fraction of sp³-hybridized carbons (Fsp3) is 0.444.